The van der Waals surface area contributed by atoms with Gasteiger partial charge in [0.15, 0.2) is 0 Å². The number of esters is 1. The molecule has 1 fully saturated rings. The van der Waals surface area contributed by atoms with E-state index < -0.39 is 5.97 Å². The molecule has 1 aliphatic carbocycles. The second kappa shape index (κ2) is 9.29. The van der Waals surface area contributed by atoms with E-state index in [0.717, 1.165) is 24.1 Å². The molecule has 1 aromatic carbocycles. The number of hydrogen-bond donors (Lipinski definition) is 2. The van der Waals surface area contributed by atoms with Gasteiger partial charge in [-0.3, -0.25) is 4.79 Å². The lowest BCUT2D eigenvalue weighted by Crippen LogP contribution is -2.33. The zero-order valence-electron chi connectivity index (χ0n) is 18.6. The number of thiophene rings is 1. The van der Waals surface area contributed by atoms with E-state index in [1.165, 1.54) is 35.3 Å². The average molecular weight is 469 g/mol. The number of para-hydroxylation sites is 1. The number of fused-ring (bicyclic) bond motifs is 3. The predicted octanol–water partition coefficient (Wildman–Crippen LogP) is 3.57. The molecule has 0 spiro atoms. The molecule has 0 radical (unpaired) electrons. The summed E-state index contributed by atoms with van der Waals surface area (Å²) in [6.07, 6.45) is 4.60. The number of aliphatic hydroxyl groups is 1. The number of β-amino-alcohol motifs (C(OH)–C–C–N with tert-alkyl or cyclic N) is 1. The highest BCUT2D eigenvalue weighted by atomic mass is 32.1. The van der Waals surface area contributed by atoms with Crippen LogP contribution >= 0.6 is 11.3 Å². The van der Waals surface area contributed by atoms with Gasteiger partial charge in [-0.1, -0.05) is 31.0 Å². The zero-order chi connectivity index (χ0) is 22.9. The normalized spacial score (nSPS) is 24.5. The summed E-state index contributed by atoms with van der Waals surface area (Å²) in [7, 11) is 1.30. The van der Waals surface area contributed by atoms with Gasteiger partial charge < -0.3 is 24.8 Å². The Kier molecular flexibility index (Phi) is 6.23. The molecule has 7 nitrogen and oxygen atoms in total. The first kappa shape index (κ1) is 22.1. The molecule has 2 N–H and O–H groups in total. The first-order valence-corrected chi connectivity index (χ1v) is 12.3. The summed E-state index contributed by atoms with van der Waals surface area (Å²) < 4.78 is 11.6. The SMILES string of the molecule is COC(=O)C1=C(Nc2ccccc2C2OC3CCCCC3c3sccc32)C(=O)N(CCO)C1. The maximum Gasteiger partial charge on any atom is 0.337 e. The Balaban J connectivity index is 1.51. The number of nitrogens with zero attached hydrogens (tertiary/aromatic N) is 1. The van der Waals surface area contributed by atoms with Crippen molar-refractivity contribution in [1.29, 1.82) is 0 Å². The van der Waals surface area contributed by atoms with Crippen LogP contribution in [0.4, 0.5) is 5.69 Å². The standard InChI is InChI=1S/C25H28N2O5S/c1-31-25(30)18-14-27(11-12-28)24(29)21(18)26-19-8-4-2-6-15(19)22-17-10-13-33-23(17)16-7-3-5-9-20(16)32-22/h2,4,6,8,10,13,16,20,22,26,28H,3,5,7,9,11-12,14H2,1H3. The van der Waals surface area contributed by atoms with Gasteiger partial charge >= 0.3 is 5.97 Å². The first-order valence-electron chi connectivity index (χ1n) is 11.4. The van der Waals surface area contributed by atoms with Crippen LogP contribution in [0.5, 0.6) is 0 Å². The second-order valence-electron chi connectivity index (χ2n) is 8.69. The van der Waals surface area contributed by atoms with E-state index in [0.29, 0.717) is 5.92 Å². The summed E-state index contributed by atoms with van der Waals surface area (Å²) in [6.45, 7) is 0.0810. The van der Waals surface area contributed by atoms with E-state index in [-0.39, 0.29) is 49.1 Å². The molecule has 2 aliphatic heterocycles. The molecule has 33 heavy (non-hydrogen) atoms. The van der Waals surface area contributed by atoms with Gasteiger partial charge in [-0.25, -0.2) is 4.79 Å². The molecule has 5 rings (SSSR count). The predicted molar refractivity (Wildman–Crippen MR) is 125 cm³/mol. The highest BCUT2D eigenvalue weighted by molar-refractivity contribution is 7.10. The van der Waals surface area contributed by atoms with Crippen LogP contribution in [0.15, 0.2) is 47.0 Å². The van der Waals surface area contributed by atoms with Gasteiger partial charge in [0.2, 0.25) is 0 Å². The number of rotatable bonds is 6. The quantitative estimate of drug-likeness (QED) is 0.631. The van der Waals surface area contributed by atoms with Crippen molar-refractivity contribution in [2.24, 2.45) is 0 Å². The lowest BCUT2D eigenvalue weighted by molar-refractivity contribution is -0.136. The van der Waals surface area contributed by atoms with Gasteiger partial charge in [-0.05, 0) is 35.9 Å². The number of nitrogens with one attached hydrogen (secondary N) is 1. The van der Waals surface area contributed by atoms with E-state index in [1.807, 2.05) is 24.3 Å². The molecule has 3 atom stereocenters. The van der Waals surface area contributed by atoms with Crippen molar-refractivity contribution in [1.82, 2.24) is 4.90 Å². The molecule has 2 aromatic rings. The van der Waals surface area contributed by atoms with Crippen molar-refractivity contribution in [3.63, 3.8) is 0 Å². The van der Waals surface area contributed by atoms with Crippen LogP contribution in [-0.2, 0) is 19.1 Å². The van der Waals surface area contributed by atoms with Crippen molar-refractivity contribution in [3.05, 3.63) is 63.0 Å². The molecule has 0 saturated heterocycles. The van der Waals surface area contributed by atoms with Crippen molar-refractivity contribution in [2.45, 2.75) is 43.8 Å². The monoisotopic (exact) mass is 468 g/mol. The lowest BCUT2D eigenvalue weighted by atomic mass is 9.80. The van der Waals surface area contributed by atoms with E-state index >= 15 is 0 Å². The summed E-state index contributed by atoms with van der Waals surface area (Å²) in [5, 5.41) is 14.7. The van der Waals surface area contributed by atoms with E-state index in [1.54, 1.807) is 11.3 Å². The number of amides is 1. The van der Waals surface area contributed by atoms with Crippen LogP contribution in [0.2, 0.25) is 0 Å². The van der Waals surface area contributed by atoms with Gasteiger partial charge in [0.1, 0.15) is 11.8 Å². The van der Waals surface area contributed by atoms with Crippen molar-refractivity contribution < 1.29 is 24.2 Å². The van der Waals surface area contributed by atoms with Gasteiger partial charge in [0.25, 0.3) is 5.91 Å². The number of ether oxygens (including phenoxy) is 2. The third-order valence-corrected chi connectivity index (χ3v) is 7.88. The fourth-order valence-electron chi connectivity index (χ4n) is 5.22. The molecule has 0 bridgehead atoms. The third kappa shape index (κ3) is 3.96. The molecular formula is C25H28N2O5S. The second-order valence-corrected chi connectivity index (χ2v) is 9.64. The highest BCUT2D eigenvalue weighted by Gasteiger charge is 2.40. The van der Waals surface area contributed by atoms with Crippen molar-refractivity contribution in [3.8, 4) is 0 Å². The largest absolute Gasteiger partial charge is 0.466 e. The Hall–Kier alpha value is -2.68. The number of carbonyl (C=O) groups excluding carboxylic acids is 2. The number of carbonyl (C=O) groups is 2. The van der Waals surface area contributed by atoms with Crippen LogP contribution in [0.3, 0.4) is 0 Å². The smallest absolute Gasteiger partial charge is 0.337 e. The van der Waals surface area contributed by atoms with E-state index in [4.69, 9.17) is 9.47 Å². The summed E-state index contributed by atoms with van der Waals surface area (Å²) in [5.41, 5.74) is 3.31. The molecule has 174 valence electrons. The molecule has 3 unspecified atom stereocenters. The number of hydrogen-bond acceptors (Lipinski definition) is 7. The molecule has 1 amide bonds. The number of aliphatic hydroxyl groups excluding tert-OH is 1. The van der Waals surface area contributed by atoms with Gasteiger partial charge in [-0.2, -0.15) is 0 Å². The van der Waals surface area contributed by atoms with Crippen molar-refractivity contribution >= 4 is 28.9 Å². The Morgan fingerprint density at radius 2 is 2.06 bits per heavy atom. The molecule has 3 aliphatic rings. The van der Waals surface area contributed by atoms with Crippen LogP contribution in [0, 0.1) is 0 Å². The fraction of sp³-hybridized carbons (Fsp3) is 0.440. The minimum Gasteiger partial charge on any atom is -0.466 e. The minimum atomic E-state index is -0.553. The van der Waals surface area contributed by atoms with Gasteiger partial charge in [-0.15, -0.1) is 11.3 Å². The topological polar surface area (TPSA) is 88.1 Å². The average Bonchev–Trinajstić information content (AvgIpc) is 3.45. The zero-order valence-corrected chi connectivity index (χ0v) is 19.4. The van der Waals surface area contributed by atoms with E-state index in [2.05, 4.69) is 16.8 Å². The van der Waals surface area contributed by atoms with Crippen LogP contribution in [0.1, 0.15) is 53.7 Å². The maximum atomic E-state index is 13.0. The van der Waals surface area contributed by atoms with E-state index in [9.17, 15) is 14.7 Å². The summed E-state index contributed by atoms with van der Waals surface area (Å²) in [4.78, 5) is 28.3. The summed E-state index contributed by atoms with van der Waals surface area (Å²) in [5.74, 6) is -0.419. The van der Waals surface area contributed by atoms with Gasteiger partial charge in [0.05, 0.1) is 31.9 Å². The van der Waals surface area contributed by atoms with Gasteiger partial charge in [0, 0.05) is 28.6 Å². The number of anilines is 1. The third-order valence-electron chi connectivity index (χ3n) is 6.82. The lowest BCUT2D eigenvalue weighted by Gasteiger charge is -2.40. The maximum absolute atomic E-state index is 13.0. The van der Waals surface area contributed by atoms with Crippen LogP contribution in [-0.4, -0.2) is 54.8 Å². The number of benzene rings is 1. The van der Waals surface area contributed by atoms with Crippen LogP contribution in [0.25, 0.3) is 0 Å². The first-order chi connectivity index (χ1) is 16.1. The molecule has 3 heterocycles. The fourth-order valence-corrected chi connectivity index (χ4v) is 6.34. The molecule has 1 aromatic heterocycles. The molecular weight excluding hydrogens is 440 g/mol. The Labute approximate surface area is 197 Å². The van der Waals surface area contributed by atoms with Crippen molar-refractivity contribution in [2.75, 3.05) is 32.1 Å². The molecule has 8 heteroatoms. The summed E-state index contributed by atoms with van der Waals surface area (Å²) in [6, 6.07) is 9.93. The minimum absolute atomic E-state index is 0.106. The Morgan fingerprint density at radius 3 is 2.88 bits per heavy atom. The summed E-state index contributed by atoms with van der Waals surface area (Å²) >= 11 is 1.81. The molecule has 1 saturated carbocycles. The Morgan fingerprint density at radius 1 is 1.24 bits per heavy atom. The number of methoxy groups -OCH3 is 1. The highest BCUT2D eigenvalue weighted by Crippen LogP contribution is 2.50. The Bertz CT molecular complexity index is 1090. The van der Waals surface area contributed by atoms with Crippen LogP contribution < -0.4 is 5.32 Å².